The van der Waals surface area contributed by atoms with E-state index in [1.807, 2.05) is 0 Å². The highest BCUT2D eigenvalue weighted by Gasteiger charge is 2.16. The summed E-state index contributed by atoms with van der Waals surface area (Å²) in [6.07, 6.45) is 0.242. The van der Waals surface area contributed by atoms with E-state index in [2.05, 4.69) is 4.98 Å². The van der Waals surface area contributed by atoms with Gasteiger partial charge in [0.05, 0.1) is 22.2 Å². The van der Waals surface area contributed by atoms with E-state index in [0.29, 0.717) is 10.6 Å². The van der Waals surface area contributed by atoms with Crippen LogP contribution in [0.4, 0.5) is 10.1 Å². The molecule has 0 aliphatic carbocycles. The van der Waals surface area contributed by atoms with Crippen LogP contribution in [-0.4, -0.2) is 14.5 Å². The number of aromatic amines is 1. The van der Waals surface area contributed by atoms with Crippen LogP contribution in [0.1, 0.15) is 12.5 Å². The van der Waals surface area contributed by atoms with E-state index in [4.69, 9.17) is 11.6 Å². The quantitative estimate of drug-likeness (QED) is 0.530. The fourth-order valence-electron chi connectivity index (χ4n) is 1.88. The van der Waals surface area contributed by atoms with Crippen LogP contribution in [0.2, 0.25) is 5.15 Å². The predicted octanol–water partition coefficient (Wildman–Crippen LogP) is 1.79. The summed E-state index contributed by atoms with van der Waals surface area (Å²) >= 11 is 5.76. The lowest BCUT2D eigenvalue weighted by Crippen LogP contribution is -2.36. The first-order valence-electron chi connectivity index (χ1n) is 5.84. The Balaban J connectivity index is 2.82. The molecule has 21 heavy (non-hydrogen) atoms. The summed E-state index contributed by atoms with van der Waals surface area (Å²) in [7, 11) is 0. The predicted molar refractivity (Wildman–Crippen MR) is 73.7 cm³/mol. The number of nitro benzene ring substituents is 1. The minimum Gasteiger partial charge on any atom is -0.297 e. The van der Waals surface area contributed by atoms with Gasteiger partial charge in [0, 0.05) is 6.07 Å². The zero-order valence-electron chi connectivity index (χ0n) is 10.7. The number of non-ortho nitro benzene ring substituents is 1. The number of hydrogen-bond acceptors (Lipinski definition) is 4. The Hall–Kier alpha value is -2.48. The van der Waals surface area contributed by atoms with E-state index >= 15 is 0 Å². The second kappa shape index (κ2) is 5.49. The molecule has 1 aromatic heterocycles. The van der Waals surface area contributed by atoms with Gasteiger partial charge in [0.15, 0.2) is 0 Å². The number of aromatic nitrogens is 2. The molecular weight excluding hydrogens is 305 g/mol. The molecule has 0 fully saturated rings. The van der Waals surface area contributed by atoms with Crippen molar-refractivity contribution in [2.24, 2.45) is 0 Å². The second-order valence-corrected chi connectivity index (χ2v) is 4.52. The molecule has 1 N–H and O–H groups in total. The minimum absolute atomic E-state index is 0.102. The molecule has 0 bridgehead atoms. The van der Waals surface area contributed by atoms with Crippen molar-refractivity contribution < 1.29 is 9.31 Å². The largest absolute Gasteiger partial charge is 0.334 e. The summed E-state index contributed by atoms with van der Waals surface area (Å²) in [5.74, 6) is -0.932. The monoisotopic (exact) mass is 313 g/mol. The van der Waals surface area contributed by atoms with Crippen molar-refractivity contribution in [1.82, 2.24) is 9.55 Å². The number of nitro groups is 1. The van der Waals surface area contributed by atoms with Crippen LogP contribution in [0.3, 0.4) is 0 Å². The van der Waals surface area contributed by atoms with Gasteiger partial charge in [-0.05, 0) is 12.5 Å². The van der Waals surface area contributed by atoms with Crippen molar-refractivity contribution in [3.05, 3.63) is 65.7 Å². The smallest absolute Gasteiger partial charge is 0.297 e. The Kier molecular flexibility index (Phi) is 3.90. The van der Waals surface area contributed by atoms with Gasteiger partial charge in [-0.3, -0.25) is 19.9 Å². The standard InChI is InChI=1S/C12H9ClFN3O4/c1-2-9-10(13)15-12(19)16(11(9)18)7-3-6(14)4-8(5-7)17(20)21/h3-5H,2H2,1H3,(H,15,19). The SMILES string of the molecule is CCc1c(Cl)[nH]c(=O)n(-c2cc(F)cc([N+](=O)[O-])c2)c1=O. The molecule has 0 saturated heterocycles. The van der Waals surface area contributed by atoms with Gasteiger partial charge in [-0.2, -0.15) is 0 Å². The molecule has 0 spiro atoms. The van der Waals surface area contributed by atoms with Crippen molar-refractivity contribution >= 4 is 17.3 Å². The lowest BCUT2D eigenvalue weighted by atomic mass is 10.2. The van der Waals surface area contributed by atoms with Crippen LogP contribution >= 0.6 is 11.6 Å². The Morgan fingerprint density at radius 1 is 1.38 bits per heavy atom. The van der Waals surface area contributed by atoms with Crippen LogP contribution in [0.5, 0.6) is 0 Å². The minimum atomic E-state index is -0.932. The summed E-state index contributed by atoms with van der Waals surface area (Å²) in [4.78, 5) is 36.2. The lowest BCUT2D eigenvalue weighted by molar-refractivity contribution is -0.385. The highest BCUT2D eigenvalue weighted by Crippen LogP contribution is 2.18. The fraction of sp³-hybridized carbons (Fsp3) is 0.167. The maximum atomic E-state index is 13.4. The molecule has 1 heterocycles. The van der Waals surface area contributed by atoms with Crippen LogP contribution in [0, 0.1) is 15.9 Å². The molecular formula is C12H9ClFN3O4. The van der Waals surface area contributed by atoms with Crippen molar-refractivity contribution in [1.29, 1.82) is 0 Å². The van der Waals surface area contributed by atoms with Crippen LogP contribution in [0.25, 0.3) is 5.69 Å². The van der Waals surface area contributed by atoms with Crippen molar-refractivity contribution in [2.75, 3.05) is 0 Å². The van der Waals surface area contributed by atoms with E-state index in [-0.39, 0.29) is 22.8 Å². The molecule has 0 aliphatic rings. The number of rotatable bonds is 3. The molecule has 7 nitrogen and oxygen atoms in total. The molecule has 0 atom stereocenters. The third-order valence-electron chi connectivity index (χ3n) is 2.84. The topological polar surface area (TPSA) is 98.0 Å². The summed E-state index contributed by atoms with van der Waals surface area (Å²) < 4.78 is 14.1. The first kappa shape index (κ1) is 14.9. The zero-order chi connectivity index (χ0) is 15.7. The number of H-pyrrole nitrogens is 1. The molecule has 0 radical (unpaired) electrons. The Morgan fingerprint density at radius 2 is 2.05 bits per heavy atom. The van der Waals surface area contributed by atoms with Crippen LogP contribution < -0.4 is 11.2 Å². The van der Waals surface area contributed by atoms with Gasteiger partial charge in [0.2, 0.25) is 0 Å². The van der Waals surface area contributed by atoms with E-state index in [1.54, 1.807) is 6.92 Å². The number of nitrogens with one attached hydrogen (secondary N) is 1. The van der Waals surface area contributed by atoms with Crippen LogP contribution in [0.15, 0.2) is 27.8 Å². The second-order valence-electron chi connectivity index (χ2n) is 4.14. The first-order chi connectivity index (χ1) is 9.85. The van der Waals surface area contributed by atoms with Crippen LogP contribution in [-0.2, 0) is 6.42 Å². The van der Waals surface area contributed by atoms with Gasteiger partial charge in [0.1, 0.15) is 11.0 Å². The maximum Gasteiger partial charge on any atom is 0.334 e. The summed E-state index contributed by atoms with van der Waals surface area (Å²) in [5, 5.41) is 10.6. The van der Waals surface area contributed by atoms with Crippen molar-refractivity contribution in [3.63, 3.8) is 0 Å². The maximum absolute atomic E-state index is 13.4. The third kappa shape index (κ3) is 2.70. The van der Waals surface area contributed by atoms with Gasteiger partial charge < -0.3 is 0 Å². The molecule has 2 aromatic rings. The molecule has 1 aromatic carbocycles. The van der Waals surface area contributed by atoms with Crippen molar-refractivity contribution in [2.45, 2.75) is 13.3 Å². The van der Waals surface area contributed by atoms with E-state index in [1.165, 1.54) is 0 Å². The lowest BCUT2D eigenvalue weighted by Gasteiger charge is -2.08. The number of hydrogen-bond donors (Lipinski definition) is 1. The molecule has 0 unspecified atom stereocenters. The molecule has 110 valence electrons. The number of halogens is 2. The normalized spacial score (nSPS) is 10.6. The van der Waals surface area contributed by atoms with Gasteiger partial charge in [-0.1, -0.05) is 18.5 Å². The molecule has 0 aliphatic heterocycles. The van der Waals surface area contributed by atoms with E-state index < -0.39 is 27.7 Å². The Bertz CT molecular complexity index is 843. The number of benzene rings is 1. The zero-order valence-corrected chi connectivity index (χ0v) is 11.5. The molecule has 0 saturated carbocycles. The Morgan fingerprint density at radius 3 is 2.62 bits per heavy atom. The van der Waals surface area contributed by atoms with E-state index in [0.717, 1.165) is 12.1 Å². The fourth-order valence-corrected chi connectivity index (χ4v) is 2.18. The summed E-state index contributed by atoms with van der Waals surface area (Å²) in [6, 6.07) is 2.49. The average Bonchev–Trinajstić information content (AvgIpc) is 2.37. The van der Waals surface area contributed by atoms with Gasteiger partial charge >= 0.3 is 5.69 Å². The van der Waals surface area contributed by atoms with E-state index in [9.17, 15) is 24.1 Å². The highest BCUT2D eigenvalue weighted by molar-refractivity contribution is 6.30. The average molecular weight is 314 g/mol. The highest BCUT2D eigenvalue weighted by atomic mass is 35.5. The summed E-state index contributed by atoms with van der Waals surface area (Å²) in [5.41, 5.74) is -2.32. The van der Waals surface area contributed by atoms with Gasteiger partial charge in [0.25, 0.3) is 11.2 Å². The number of nitrogens with zero attached hydrogens (tertiary/aromatic N) is 2. The molecule has 2 rings (SSSR count). The van der Waals surface area contributed by atoms with Gasteiger partial charge in [-0.15, -0.1) is 0 Å². The summed E-state index contributed by atoms with van der Waals surface area (Å²) in [6.45, 7) is 1.65. The Labute approximate surface area is 121 Å². The molecule has 0 amide bonds. The van der Waals surface area contributed by atoms with Gasteiger partial charge in [-0.25, -0.2) is 13.8 Å². The first-order valence-corrected chi connectivity index (χ1v) is 6.22. The third-order valence-corrected chi connectivity index (χ3v) is 3.16. The van der Waals surface area contributed by atoms with Crippen molar-refractivity contribution in [3.8, 4) is 5.69 Å². The molecule has 9 heteroatoms.